The second-order valence-electron chi connectivity index (χ2n) is 9.91. The first-order valence-electron chi connectivity index (χ1n) is 11.6. The van der Waals surface area contributed by atoms with Crippen LogP contribution < -0.4 is 5.30 Å². The lowest BCUT2D eigenvalue weighted by molar-refractivity contribution is -0.128. The van der Waals surface area contributed by atoms with Crippen LogP contribution >= 0.6 is 7.60 Å². The summed E-state index contributed by atoms with van der Waals surface area (Å²) < 4.78 is 23.1. The van der Waals surface area contributed by atoms with Gasteiger partial charge in [0.2, 0.25) is 0 Å². The summed E-state index contributed by atoms with van der Waals surface area (Å²) in [6, 6.07) is 7.70. The van der Waals surface area contributed by atoms with E-state index >= 15 is 0 Å². The third kappa shape index (κ3) is 3.24. The molecule has 0 spiro atoms. The highest BCUT2D eigenvalue weighted by atomic mass is 31.2. The molecule has 5 nitrogen and oxygen atoms in total. The maximum Gasteiger partial charge on any atom is 0.360 e. The van der Waals surface area contributed by atoms with E-state index in [1.54, 1.807) is 0 Å². The van der Waals surface area contributed by atoms with Crippen molar-refractivity contribution in [3.63, 3.8) is 0 Å². The van der Waals surface area contributed by atoms with Crippen molar-refractivity contribution in [1.29, 1.82) is 0 Å². The number of fused-ring (bicyclic) bond motifs is 4. The minimum Gasteiger partial charge on any atom is -0.309 e. The molecule has 0 aromatic heterocycles. The van der Waals surface area contributed by atoms with Crippen molar-refractivity contribution >= 4 is 24.5 Å². The highest BCUT2D eigenvalue weighted by molar-refractivity contribution is 7.62. The molecular weight excluding hydrogens is 423 g/mol. The van der Waals surface area contributed by atoms with Crippen LogP contribution in [-0.2, 0) is 23.2 Å². The predicted octanol–water partition coefficient (Wildman–Crippen LogP) is 5.27. The third-order valence-corrected chi connectivity index (χ3v) is 10.4. The lowest BCUT2D eigenvalue weighted by Gasteiger charge is -2.50. The second kappa shape index (κ2) is 7.90. The second-order valence-corrected chi connectivity index (χ2v) is 12.2. The minimum atomic E-state index is -3.31. The summed E-state index contributed by atoms with van der Waals surface area (Å²) in [5.41, 5.74) is 4.89. The number of benzene rings is 1. The molecule has 2 fully saturated rings. The van der Waals surface area contributed by atoms with Gasteiger partial charge in [0.25, 0.3) is 0 Å². The first-order chi connectivity index (χ1) is 15.3. The fourth-order valence-corrected chi connectivity index (χ4v) is 7.99. The van der Waals surface area contributed by atoms with Gasteiger partial charge in [-0.15, -0.1) is 0 Å². The maximum absolute atomic E-state index is 13.0. The molecule has 1 aromatic carbocycles. The summed E-state index contributed by atoms with van der Waals surface area (Å²) in [6.45, 7) is 2.18. The van der Waals surface area contributed by atoms with Crippen LogP contribution in [0.4, 0.5) is 0 Å². The molecule has 2 saturated carbocycles. The number of ketones is 2. The van der Waals surface area contributed by atoms with Gasteiger partial charge >= 0.3 is 7.60 Å². The molecule has 4 aliphatic rings. The molecule has 0 saturated heterocycles. The average Bonchev–Trinajstić information content (AvgIpc) is 3.12. The van der Waals surface area contributed by atoms with Gasteiger partial charge in [-0.25, -0.2) is 0 Å². The van der Waals surface area contributed by atoms with Crippen LogP contribution in [0.3, 0.4) is 0 Å². The van der Waals surface area contributed by atoms with Crippen LogP contribution in [0.2, 0.25) is 0 Å². The maximum atomic E-state index is 13.0. The molecule has 6 heteroatoms. The minimum absolute atomic E-state index is 0.133. The molecule has 4 atom stereocenters. The van der Waals surface area contributed by atoms with Gasteiger partial charge in [0, 0.05) is 38.4 Å². The summed E-state index contributed by atoms with van der Waals surface area (Å²) in [5.74, 6) is 1.56. The van der Waals surface area contributed by atoms with Crippen LogP contribution in [0.25, 0.3) is 0 Å². The van der Waals surface area contributed by atoms with Gasteiger partial charge in [-0.1, -0.05) is 24.6 Å². The fourth-order valence-electron chi connectivity index (χ4n) is 6.91. The van der Waals surface area contributed by atoms with E-state index in [2.05, 4.69) is 6.92 Å². The SMILES string of the molecule is COP(=O)(OC)c1ccc([C@H]2C[C@]3(C)C(=O)CC[C@H]3[C@@H]3CCC4=CC(=O)CCC4=C32)cc1. The van der Waals surface area contributed by atoms with Crippen LogP contribution in [0.1, 0.15) is 63.4 Å². The predicted molar refractivity (Wildman–Crippen MR) is 123 cm³/mol. The van der Waals surface area contributed by atoms with E-state index in [-0.39, 0.29) is 17.1 Å². The summed E-state index contributed by atoms with van der Waals surface area (Å²) >= 11 is 0. The Morgan fingerprint density at radius 2 is 1.69 bits per heavy atom. The van der Waals surface area contributed by atoms with Crippen molar-refractivity contribution in [2.75, 3.05) is 14.2 Å². The summed E-state index contributed by atoms with van der Waals surface area (Å²) in [5, 5.41) is 0.532. The molecule has 170 valence electrons. The van der Waals surface area contributed by atoms with Gasteiger partial charge in [-0.3, -0.25) is 14.2 Å². The Hall–Kier alpha value is -1.81. The largest absolute Gasteiger partial charge is 0.360 e. The van der Waals surface area contributed by atoms with E-state index in [9.17, 15) is 14.2 Å². The first-order valence-corrected chi connectivity index (χ1v) is 13.2. The Bertz CT molecular complexity index is 1070. The van der Waals surface area contributed by atoms with Crippen LogP contribution in [0.5, 0.6) is 0 Å². The quantitative estimate of drug-likeness (QED) is 0.580. The molecule has 0 amide bonds. The van der Waals surface area contributed by atoms with E-state index in [1.165, 1.54) is 30.9 Å². The number of hydrogen-bond acceptors (Lipinski definition) is 5. The van der Waals surface area contributed by atoms with Crippen molar-refractivity contribution in [2.24, 2.45) is 17.3 Å². The van der Waals surface area contributed by atoms with E-state index in [0.717, 1.165) is 37.7 Å². The lowest BCUT2D eigenvalue weighted by Crippen LogP contribution is -2.43. The highest BCUT2D eigenvalue weighted by Gasteiger charge is 2.56. The van der Waals surface area contributed by atoms with Gasteiger partial charge in [-0.2, -0.15) is 0 Å². The Balaban J connectivity index is 1.62. The van der Waals surface area contributed by atoms with Crippen LogP contribution in [0.15, 0.2) is 47.1 Å². The zero-order valence-electron chi connectivity index (χ0n) is 19.1. The van der Waals surface area contributed by atoms with Crippen molar-refractivity contribution in [3.05, 3.63) is 52.6 Å². The van der Waals surface area contributed by atoms with Crippen LogP contribution in [-0.4, -0.2) is 25.8 Å². The van der Waals surface area contributed by atoms with Crippen molar-refractivity contribution in [1.82, 2.24) is 0 Å². The number of rotatable bonds is 4. The molecule has 32 heavy (non-hydrogen) atoms. The zero-order chi connectivity index (χ0) is 22.7. The molecule has 1 aromatic rings. The van der Waals surface area contributed by atoms with E-state index in [0.29, 0.717) is 35.8 Å². The van der Waals surface area contributed by atoms with E-state index in [1.807, 2.05) is 30.3 Å². The topological polar surface area (TPSA) is 69.7 Å². The molecule has 5 rings (SSSR count). The molecule has 0 heterocycles. The molecule has 0 bridgehead atoms. The summed E-state index contributed by atoms with van der Waals surface area (Å²) in [6.07, 6.45) is 7.66. The zero-order valence-corrected chi connectivity index (χ0v) is 20.0. The Kier molecular flexibility index (Phi) is 5.43. The van der Waals surface area contributed by atoms with Crippen molar-refractivity contribution in [3.8, 4) is 0 Å². The fraction of sp³-hybridized carbons (Fsp3) is 0.538. The Morgan fingerprint density at radius 1 is 0.969 bits per heavy atom. The normalized spacial score (nSPS) is 32.3. The Labute approximate surface area is 189 Å². The lowest BCUT2D eigenvalue weighted by atomic mass is 9.53. The van der Waals surface area contributed by atoms with Crippen LogP contribution in [0, 0.1) is 17.3 Å². The third-order valence-electron chi connectivity index (χ3n) is 8.54. The monoisotopic (exact) mass is 454 g/mol. The van der Waals surface area contributed by atoms with Gasteiger partial charge in [0.15, 0.2) is 5.78 Å². The van der Waals surface area contributed by atoms with Gasteiger partial charge in [0.1, 0.15) is 5.78 Å². The Morgan fingerprint density at radius 3 is 2.38 bits per heavy atom. The van der Waals surface area contributed by atoms with Crippen molar-refractivity contribution < 1.29 is 23.2 Å². The average molecular weight is 455 g/mol. The molecule has 0 unspecified atom stereocenters. The van der Waals surface area contributed by atoms with E-state index < -0.39 is 7.60 Å². The first kappa shape index (κ1) is 22.0. The summed E-state index contributed by atoms with van der Waals surface area (Å²) in [4.78, 5) is 25.1. The molecule has 4 aliphatic carbocycles. The highest BCUT2D eigenvalue weighted by Crippen LogP contribution is 2.62. The molecular formula is C26H31O5P. The molecule has 0 radical (unpaired) electrons. The molecule has 0 N–H and O–H groups in total. The van der Waals surface area contributed by atoms with Gasteiger partial charge < -0.3 is 9.05 Å². The number of carbonyl (C=O) groups excluding carboxylic acids is 2. The standard InChI is InChI=1S/C26H31O5P/c1-26-15-22(16-4-8-19(9-5-16)32(29,30-2)31-3)25-20-11-7-18(27)14-17(20)6-10-21(25)23(26)12-13-24(26)28/h4-5,8-9,14,21-23H,6-7,10-13,15H2,1-3H3/t21-,22+,23-,26-/m0/s1. The molecule has 0 aliphatic heterocycles. The van der Waals surface area contributed by atoms with E-state index in [4.69, 9.17) is 9.05 Å². The van der Waals surface area contributed by atoms with Gasteiger partial charge in [-0.05, 0) is 78.9 Å². The van der Waals surface area contributed by atoms with Crippen molar-refractivity contribution in [2.45, 2.75) is 57.8 Å². The number of Topliss-reactive ketones (excluding diaryl/α,β-unsaturated/α-hetero) is 1. The van der Waals surface area contributed by atoms with Gasteiger partial charge in [0.05, 0.1) is 5.30 Å². The number of allylic oxidation sites excluding steroid dienone is 4. The smallest absolute Gasteiger partial charge is 0.309 e. The summed E-state index contributed by atoms with van der Waals surface area (Å²) in [7, 11) is -0.522. The number of carbonyl (C=O) groups is 2. The number of hydrogen-bond donors (Lipinski definition) is 0.